The van der Waals surface area contributed by atoms with Crippen LogP contribution in [0.2, 0.25) is 0 Å². The fourth-order valence-corrected chi connectivity index (χ4v) is 9.41. The van der Waals surface area contributed by atoms with Crippen molar-refractivity contribution in [3.05, 3.63) is 156 Å². The molecule has 6 aromatic rings. The van der Waals surface area contributed by atoms with Crippen LogP contribution < -0.4 is 28.4 Å². The van der Waals surface area contributed by atoms with E-state index in [2.05, 4.69) is 45.0 Å². The van der Waals surface area contributed by atoms with Gasteiger partial charge in [-0.3, -0.25) is 4.79 Å². The second-order valence-corrected chi connectivity index (χ2v) is 20.0. The van der Waals surface area contributed by atoms with Gasteiger partial charge < -0.3 is 33.2 Å². The highest BCUT2D eigenvalue weighted by Crippen LogP contribution is 2.48. The summed E-state index contributed by atoms with van der Waals surface area (Å²) in [5, 5.41) is 0. The van der Waals surface area contributed by atoms with Crippen molar-refractivity contribution in [1.29, 1.82) is 0 Å². The maximum absolute atomic E-state index is 13.7. The summed E-state index contributed by atoms with van der Waals surface area (Å²) in [6, 6.07) is 40.9. The second-order valence-electron chi connectivity index (χ2n) is 20.0. The molecule has 0 unspecified atom stereocenters. The van der Waals surface area contributed by atoms with Crippen molar-refractivity contribution in [2.24, 2.45) is 0 Å². The predicted octanol–water partition coefficient (Wildman–Crippen LogP) is 17.5. The van der Waals surface area contributed by atoms with Gasteiger partial charge in [-0.05, 0) is 158 Å². The van der Waals surface area contributed by atoms with Crippen molar-refractivity contribution < 1.29 is 47.5 Å². The van der Waals surface area contributed by atoms with Crippen LogP contribution in [0.15, 0.2) is 133 Å². The molecule has 0 aliphatic heterocycles. The summed E-state index contributed by atoms with van der Waals surface area (Å²) in [7, 11) is 0. The number of carbonyl (C=O) groups excluding carboxylic acids is 3. The normalized spacial score (nSPS) is 11.6. The zero-order valence-corrected chi connectivity index (χ0v) is 45.8. The third kappa shape index (κ3) is 18.6. The van der Waals surface area contributed by atoms with Crippen LogP contribution in [-0.2, 0) is 9.53 Å². The van der Waals surface area contributed by atoms with Crippen LogP contribution in [0.4, 0.5) is 0 Å². The number of hydrogen-bond donors (Lipinski definition) is 0. The van der Waals surface area contributed by atoms with Crippen molar-refractivity contribution >= 4 is 17.9 Å². The number of hydrogen-bond acceptors (Lipinski definition) is 10. The van der Waals surface area contributed by atoms with E-state index in [4.69, 9.17) is 33.2 Å². The third-order valence-electron chi connectivity index (χ3n) is 13.9. The number of benzene rings is 6. The van der Waals surface area contributed by atoms with Crippen LogP contribution in [0.5, 0.6) is 34.5 Å². The summed E-state index contributed by atoms with van der Waals surface area (Å²) < 4.78 is 41.9. The summed E-state index contributed by atoms with van der Waals surface area (Å²) in [6.45, 7) is 9.15. The SMILES string of the molecule is CCCCCCCCOc1ccc(-c2ccc(OCCCCCC(=O)OC3c4cc(OC(=O)c5ccc(OCCCCCCC)cc5)ccc4-c4ccc(OC(=O)c5ccc(OCCCCCCC)cc5)cc43)cc2)cc1. The van der Waals surface area contributed by atoms with E-state index in [0.717, 1.165) is 85.3 Å². The Hall–Kier alpha value is -7.07. The topological polar surface area (TPSA) is 116 Å². The van der Waals surface area contributed by atoms with Crippen LogP contribution in [0.1, 0.15) is 187 Å². The fourth-order valence-electron chi connectivity index (χ4n) is 9.41. The Morgan fingerprint density at radius 3 is 1.03 bits per heavy atom. The molecule has 0 amide bonds. The van der Waals surface area contributed by atoms with Gasteiger partial charge in [0.15, 0.2) is 6.10 Å². The highest BCUT2D eigenvalue weighted by Gasteiger charge is 2.33. The van der Waals surface area contributed by atoms with Crippen LogP contribution in [0, 0.1) is 0 Å². The van der Waals surface area contributed by atoms with Gasteiger partial charge in [-0.15, -0.1) is 0 Å². The molecule has 0 aromatic heterocycles. The van der Waals surface area contributed by atoms with E-state index in [1.54, 1.807) is 72.8 Å². The molecule has 0 fully saturated rings. The number of ether oxygens (including phenoxy) is 7. The van der Waals surface area contributed by atoms with Crippen LogP contribution in [-0.4, -0.2) is 44.3 Å². The van der Waals surface area contributed by atoms with Gasteiger partial charge in [0.05, 0.1) is 37.6 Å². The first-order valence-corrected chi connectivity index (χ1v) is 28.7. The number of carbonyl (C=O) groups is 3. The molecular weight excluding hydrogens is 965 g/mol. The summed E-state index contributed by atoms with van der Waals surface area (Å²) in [6.07, 6.45) is 20.4. The lowest BCUT2D eigenvalue weighted by Crippen LogP contribution is -2.12. The molecule has 0 saturated heterocycles. The van der Waals surface area contributed by atoms with Crippen LogP contribution >= 0.6 is 0 Å². The van der Waals surface area contributed by atoms with E-state index in [9.17, 15) is 14.4 Å². The molecule has 0 spiro atoms. The lowest BCUT2D eigenvalue weighted by atomic mass is 10.1. The van der Waals surface area contributed by atoms with Gasteiger partial charge in [-0.1, -0.05) is 141 Å². The van der Waals surface area contributed by atoms with Gasteiger partial charge in [0.25, 0.3) is 0 Å². The summed E-state index contributed by atoms with van der Waals surface area (Å²) in [5.41, 5.74) is 5.94. The minimum atomic E-state index is -0.839. The summed E-state index contributed by atoms with van der Waals surface area (Å²) in [5.74, 6) is 2.27. The monoisotopic (exact) mass is 1040 g/mol. The highest BCUT2D eigenvalue weighted by atomic mass is 16.6. The van der Waals surface area contributed by atoms with Gasteiger partial charge in [-0.2, -0.15) is 0 Å². The Morgan fingerprint density at radius 1 is 0.351 bits per heavy atom. The van der Waals surface area contributed by atoms with Crippen LogP contribution in [0.3, 0.4) is 0 Å². The molecule has 7 rings (SSSR count). The van der Waals surface area contributed by atoms with Crippen molar-refractivity contribution in [1.82, 2.24) is 0 Å². The Balaban J connectivity index is 0.926. The molecule has 0 radical (unpaired) electrons. The van der Waals surface area contributed by atoms with Gasteiger partial charge in [0, 0.05) is 17.5 Å². The maximum Gasteiger partial charge on any atom is 0.343 e. The van der Waals surface area contributed by atoms with E-state index in [1.807, 2.05) is 36.4 Å². The number of rotatable bonds is 35. The average Bonchev–Trinajstić information content (AvgIpc) is 3.79. The van der Waals surface area contributed by atoms with Crippen molar-refractivity contribution in [3.8, 4) is 56.8 Å². The van der Waals surface area contributed by atoms with Crippen molar-refractivity contribution in [3.63, 3.8) is 0 Å². The lowest BCUT2D eigenvalue weighted by molar-refractivity contribution is -0.147. The zero-order valence-electron chi connectivity index (χ0n) is 45.8. The van der Waals surface area contributed by atoms with E-state index in [1.165, 1.54) is 70.6 Å². The first-order valence-electron chi connectivity index (χ1n) is 28.7. The minimum Gasteiger partial charge on any atom is -0.494 e. The fraction of sp³-hybridized carbons (Fsp3) is 0.418. The molecule has 1 aliphatic rings. The largest absolute Gasteiger partial charge is 0.494 e. The molecule has 77 heavy (non-hydrogen) atoms. The molecule has 0 atom stereocenters. The van der Waals surface area contributed by atoms with E-state index in [0.29, 0.717) is 71.5 Å². The molecule has 10 nitrogen and oxygen atoms in total. The van der Waals surface area contributed by atoms with Gasteiger partial charge in [0.2, 0.25) is 0 Å². The quantitative estimate of drug-likeness (QED) is 0.0216. The van der Waals surface area contributed by atoms with Gasteiger partial charge in [0.1, 0.15) is 34.5 Å². The molecular formula is C67H80O10. The first-order chi connectivity index (χ1) is 37.8. The Morgan fingerprint density at radius 2 is 0.662 bits per heavy atom. The Labute approximate surface area is 457 Å². The lowest BCUT2D eigenvalue weighted by Gasteiger charge is -2.16. The van der Waals surface area contributed by atoms with Gasteiger partial charge in [-0.25, -0.2) is 9.59 Å². The highest BCUT2D eigenvalue weighted by molar-refractivity contribution is 5.92. The number of unbranched alkanes of at least 4 members (excludes halogenated alkanes) is 15. The van der Waals surface area contributed by atoms with Gasteiger partial charge >= 0.3 is 17.9 Å². The summed E-state index contributed by atoms with van der Waals surface area (Å²) >= 11 is 0. The molecule has 0 saturated carbocycles. The number of esters is 3. The zero-order chi connectivity index (χ0) is 53.9. The molecule has 408 valence electrons. The maximum atomic E-state index is 13.7. The Kier molecular flexibility index (Phi) is 23.8. The van der Waals surface area contributed by atoms with E-state index in [-0.39, 0.29) is 12.4 Å². The first kappa shape index (κ1) is 57.6. The second kappa shape index (κ2) is 31.9. The summed E-state index contributed by atoms with van der Waals surface area (Å²) in [4.78, 5) is 40.5. The molecule has 1 aliphatic carbocycles. The van der Waals surface area contributed by atoms with Crippen LogP contribution in [0.25, 0.3) is 22.3 Å². The smallest absolute Gasteiger partial charge is 0.343 e. The molecule has 6 aromatic carbocycles. The molecule has 10 heteroatoms. The van der Waals surface area contributed by atoms with E-state index < -0.39 is 18.0 Å². The molecule has 0 bridgehead atoms. The van der Waals surface area contributed by atoms with E-state index >= 15 is 0 Å². The third-order valence-corrected chi connectivity index (χ3v) is 13.9. The average molecular weight is 1050 g/mol. The molecule has 0 heterocycles. The molecule has 0 N–H and O–H groups in total. The predicted molar refractivity (Wildman–Crippen MR) is 306 cm³/mol. The van der Waals surface area contributed by atoms with Crippen molar-refractivity contribution in [2.75, 3.05) is 26.4 Å². The standard InChI is InChI=1S/C67H80O10/c1-4-7-10-13-16-21-46-71-54-32-24-50(25-33-54)51-26-34-55(35-27-51)74-47-22-17-18-23-64(68)77-65-62-48-58(75-66(69)52-28-36-56(37-29-52)72-44-19-14-11-8-5-2)40-42-60(62)61-43-41-59(49-63(61)65)76-67(70)53-30-38-57(39-31-53)73-45-20-15-12-9-6-3/h24-43,48-49,65H,4-23,44-47H2,1-3H3. The number of fused-ring (bicyclic) bond motifs is 3. The minimum absolute atomic E-state index is 0.194. The van der Waals surface area contributed by atoms with Crippen molar-refractivity contribution in [2.45, 2.75) is 155 Å². The Bertz CT molecular complexity index is 2590.